The number of rotatable bonds is 4. The van der Waals surface area contributed by atoms with Gasteiger partial charge in [0.25, 0.3) is 0 Å². The molecule has 0 aromatic carbocycles. The predicted octanol–water partition coefficient (Wildman–Crippen LogP) is -0.234. The minimum absolute atomic E-state index is 0.227. The van der Waals surface area contributed by atoms with Crippen molar-refractivity contribution in [2.45, 2.75) is 52.3 Å². The van der Waals surface area contributed by atoms with Crippen LogP contribution in [0.25, 0.3) is 0 Å². The van der Waals surface area contributed by atoms with E-state index >= 15 is 0 Å². The molecule has 1 saturated heterocycles. The summed E-state index contributed by atoms with van der Waals surface area (Å²) in [5.74, 6) is -2.33. The van der Waals surface area contributed by atoms with Crippen LogP contribution in [0.2, 0.25) is 0 Å². The van der Waals surface area contributed by atoms with Crippen molar-refractivity contribution in [2.24, 2.45) is 5.92 Å². The summed E-state index contributed by atoms with van der Waals surface area (Å²) in [4.78, 5) is 33.3. The maximum atomic E-state index is 11.2. The smallest absolute Gasteiger partial charge is 0.303 e. The van der Waals surface area contributed by atoms with Crippen molar-refractivity contribution in [3.8, 4) is 0 Å². The first-order valence-electron chi connectivity index (χ1n) is 6.53. The molecule has 1 heterocycles. The molecule has 1 rings (SSSR count). The van der Waals surface area contributed by atoms with Crippen LogP contribution in [0, 0.1) is 5.92 Å². The molecule has 0 aromatic rings. The fourth-order valence-corrected chi connectivity index (χ4v) is 2.09. The van der Waals surface area contributed by atoms with E-state index in [1.54, 1.807) is 6.92 Å². The van der Waals surface area contributed by atoms with Crippen LogP contribution in [0.4, 0.5) is 0 Å². The molecule has 8 heteroatoms. The van der Waals surface area contributed by atoms with Crippen molar-refractivity contribution in [1.82, 2.24) is 0 Å². The second-order valence-corrected chi connectivity index (χ2v) is 4.87. The molecule has 0 bridgehead atoms. The number of hydrogen-bond acceptors (Lipinski definition) is 8. The average Bonchev–Trinajstić information content (AvgIpc) is 2.35. The van der Waals surface area contributed by atoms with Gasteiger partial charge in [0, 0.05) is 26.7 Å². The SMILES string of the molecule is CC(=O)OCC1O[C@@H](O)C(C)C(OC(C)=O)[C@H]1OC(C)=O. The van der Waals surface area contributed by atoms with Crippen molar-refractivity contribution < 1.29 is 38.4 Å². The van der Waals surface area contributed by atoms with E-state index in [0.29, 0.717) is 0 Å². The van der Waals surface area contributed by atoms with Gasteiger partial charge in [0.2, 0.25) is 0 Å². The van der Waals surface area contributed by atoms with E-state index in [4.69, 9.17) is 18.9 Å². The molecule has 21 heavy (non-hydrogen) atoms. The summed E-state index contributed by atoms with van der Waals surface area (Å²) in [5, 5.41) is 9.85. The average molecular weight is 304 g/mol. The van der Waals surface area contributed by atoms with Gasteiger partial charge in [-0.2, -0.15) is 0 Å². The number of hydrogen-bond donors (Lipinski definition) is 1. The molecule has 5 atom stereocenters. The zero-order chi connectivity index (χ0) is 16.2. The van der Waals surface area contributed by atoms with E-state index < -0.39 is 48.4 Å². The third kappa shape index (κ3) is 4.98. The van der Waals surface area contributed by atoms with Gasteiger partial charge in [-0.05, 0) is 0 Å². The highest BCUT2D eigenvalue weighted by Crippen LogP contribution is 2.29. The summed E-state index contributed by atoms with van der Waals surface area (Å²) in [6.07, 6.45) is -4.02. The number of esters is 3. The number of carbonyl (C=O) groups excluding carboxylic acids is 3. The summed E-state index contributed by atoms with van der Waals surface area (Å²) < 4.78 is 20.4. The highest BCUT2D eigenvalue weighted by Gasteiger charge is 2.47. The lowest BCUT2D eigenvalue weighted by atomic mass is 9.92. The van der Waals surface area contributed by atoms with Crippen LogP contribution in [0.1, 0.15) is 27.7 Å². The van der Waals surface area contributed by atoms with Crippen LogP contribution in [0.15, 0.2) is 0 Å². The molecule has 3 unspecified atom stereocenters. The Morgan fingerprint density at radius 3 is 2.00 bits per heavy atom. The standard InChI is InChI=1S/C13H20O8/c1-6-11(19-8(3)15)12(20-9(4)16)10(21-13(6)17)5-18-7(2)14/h6,10-13,17H,5H2,1-4H3/t6?,10?,11?,12-,13+/m0/s1. The Morgan fingerprint density at radius 2 is 1.52 bits per heavy atom. The fraction of sp³-hybridized carbons (Fsp3) is 0.769. The number of carbonyl (C=O) groups is 3. The molecule has 120 valence electrons. The molecule has 0 aromatic heterocycles. The van der Waals surface area contributed by atoms with Crippen molar-refractivity contribution in [3.63, 3.8) is 0 Å². The van der Waals surface area contributed by atoms with E-state index in [-0.39, 0.29) is 6.61 Å². The minimum atomic E-state index is -1.23. The third-order valence-corrected chi connectivity index (χ3v) is 3.03. The molecule has 0 radical (unpaired) electrons. The Hall–Kier alpha value is -1.67. The maximum absolute atomic E-state index is 11.2. The van der Waals surface area contributed by atoms with Gasteiger partial charge in [-0.25, -0.2) is 0 Å². The molecular formula is C13H20O8. The molecule has 0 saturated carbocycles. The quantitative estimate of drug-likeness (QED) is 0.560. The first-order chi connectivity index (χ1) is 9.72. The topological polar surface area (TPSA) is 108 Å². The van der Waals surface area contributed by atoms with Gasteiger partial charge < -0.3 is 24.1 Å². The zero-order valence-electron chi connectivity index (χ0n) is 12.4. The van der Waals surface area contributed by atoms with E-state index in [1.165, 1.54) is 20.8 Å². The monoisotopic (exact) mass is 304 g/mol. The number of aliphatic hydroxyl groups is 1. The zero-order valence-corrected chi connectivity index (χ0v) is 12.4. The van der Waals surface area contributed by atoms with Crippen molar-refractivity contribution in [2.75, 3.05) is 6.61 Å². The van der Waals surface area contributed by atoms with Gasteiger partial charge in [-0.3, -0.25) is 14.4 Å². The van der Waals surface area contributed by atoms with Gasteiger partial charge in [-0.1, -0.05) is 6.92 Å². The number of aliphatic hydroxyl groups excluding tert-OH is 1. The summed E-state index contributed by atoms with van der Waals surface area (Å²) in [6.45, 7) is 4.99. The Labute approximate surface area is 122 Å². The van der Waals surface area contributed by atoms with E-state index in [0.717, 1.165) is 0 Å². The maximum Gasteiger partial charge on any atom is 0.303 e. The van der Waals surface area contributed by atoms with Crippen LogP contribution in [0.5, 0.6) is 0 Å². The summed E-state index contributed by atoms with van der Waals surface area (Å²) in [6, 6.07) is 0. The van der Waals surface area contributed by atoms with Crippen LogP contribution < -0.4 is 0 Å². The van der Waals surface area contributed by atoms with Crippen LogP contribution in [-0.4, -0.2) is 54.2 Å². The van der Waals surface area contributed by atoms with Gasteiger partial charge >= 0.3 is 17.9 Å². The lowest BCUT2D eigenvalue weighted by Gasteiger charge is -2.42. The molecule has 0 aliphatic carbocycles. The lowest BCUT2D eigenvalue weighted by Crippen LogP contribution is -2.57. The Balaban J connectivity index is 2.94. The van der Waals surface area contributed by atoms with Crippen molar-refractivity contribution in [1.29, 1.82) is 0 Å². The first kappa shape index (κ1) is 17.4. The highest BCUT2D eigenvalue weighted by atomic mass is 16.7. The van der Waals surface area contributed by atoms with Crippen LogP contribution in [-0.2, 0) is 33.3 Å². The fourth-order valence-electron chi connectivity index (χ4n) is 2.09. The van der Waals surface area contributed by atoms with E-state index in [1.807, 2.05) is 0 Å². The molecule has 0 amide bonds. The third-order valence-electron chi connectivity index (χ3n) is 3.03. The predicted molar refractivity (Wildman–Crippen MR) is 67.8 cm³/mol. The first-order valence-corrected chi connectivity index (χ1v) is 6.53. The lowest BCUT2D eigenvalue weighted by molar-refractivity contribution is -0.275. The Kier molecular flexibility index (Phi) is 6.10. The van der Waals surface area contributed by atoms with E-state index in [9.17, 15) is 19.5 Å². The summed E-state index contributed by atoms with van der Waals surface area (Å²) in [5.41, 5.74) is 0. The van der Waals surface area contributed by atoms with E-state index in [2.05, 4.69) is 0 Å². The molecule has 1 fully saturated rings. The van der Waals surface area contributed by atoms with Crippen LogP contribution >= 0.6 is 0 Å². The number of ether oxygens (including phenoxy) is 4. The molecule has 1 N–H and O–H groups in total. The molecule has 1 aliphatic rings. The highest BCUT2D eigenvalue weighted by molar-refractivity contribution is 5.67. The molecular weight excluding hydrogens is 284 g/mol. The molecule has 0 spiro atoms. The second kappa shape index (κ2) is 7.37. The molecule has 1 aliphatic heterocycles. The van der Waals surface area contributed by atoms with Gasteiger partial charge in [0.05, 0.1) is 0 Å². The largest absolute Gasteiger partial charge is 0.463 e. The molecule has 8 nitrogen and oxygen atoms in total. The minimum Gasteiger partial charge on any atom is -0.463 e. The van der Waals surface area contributed by atoms with Crippen molar-refractivity contribution in [3.05, 3.63) is 0 Å². The van der Waals surface area contributed by atoms with Crippen LogP contribution in [0.3, 0.4) is 0 Å². The van der Waals surface area contributed by atoms with Gasteiger partial charge in [0.15, 0.2) is 12.4 Å². The van der Waals surface area contributed by atoms with Gasteiger partial charge in [-0.15, -0.1) is 0 Å². The normalized spacial score (nSPS) is 32.1. The summed E-state index contributed by atoms with van der Waals surface area (Å²) in [7, 11) is 0. The second-order valence-electron chi connectivity index (χ2n) is 4.87. The van der Waals surface area contributed by atoms with Crippen molar-refractivity contribution >= 4 is 17.9 Å². The Morgan fingerprint density at radius 1 is 1.00 bits per heavy atom. The summed E-state index contributed by atoms with van der Waals surface area (Å²) >= 11 is 0. The Bertz CT molecular complexity index is 407. The van der Waals surface area contributed by atoms with Gasteiger partial charge in [0.1, 0.15) is 18.8 Å².